The van der Waals surface area contributed by atoms with Crippen molar-refractivity contribution in [2.24, 2.45) is 0 Å². The molecule has 3 heterocycles. The van der Waals surface area contributed by atoms with E-state index in [-0.39, 0.29) is 5.91 Å². The molecule has 0 aliphatic carbocycles. The van der Waals surface area contributed by atoms with Crippen LogP contribution in [0, 0.1) is 0 Å². The van der Waals surface area contributed by atoms with Gasteiger partial charge in [-0.2, -0.15) is 5.10 Å². The highest BCUT2D eigenvalue weighted by atomic mass is 79.9. The summed E-state index contributed by atoms with van der Waals surface area (Å²) in [5.41, 5.74) is 1.32. The van der Waals surface area contributed by atoms with E-state index in [0.717, 1.165) is 18.7 Å². The number of ether oxygens (including phenoxy) is 1. The smallest absolute Gasteiger partial charge is 0.273 e. The molecule has 0 bridgehead atoms. The second kappa shape index (κ2) is 6.26. The molecule has 1 aliphatic rings. The molecule has 0 radical (unpaired) electrons. The van der Waals surface area contributed by atoms with Gasteiger partial charge in [0.05, 0.1) is 6.61 Å². The van der Waals surface area contributed by atoms with Gasteiger partial charge in [-0.1, -0.05) is 6.07 Å². The van der Waals surface area contributed by atoms with Crippen LogP contribution in [0.5, 0.6) is 5.88 Å². The summed E-state index contributed by atoms with van der Waals surface area (Å²) in [7, 11) is 0. The van der Waals surface area contributed by atoms with Crippen molar-refractivity contribution in [2.75, 3.05) is 13.2 Å². The number of hydrogen-bond donors (Lipinski definition) is 1. The van der Waals surface area contributed by atoms with Crippen molar-refractivity contribution in [3.05, 3.63) is 40.3 Å². The average Bonchev–Trinajstić information content (AvgIpc) is 2.86. The molecular formula is C14H15BrN4O2. The predicted octanol–water partition coefficient (Wildman–Crippen LogP) is 1.80. The maximum atomic E-state index is 12.2. The Morgan fingerprint density at radius 2 is 2.38 bits per heavy atom. The van der Waals surface area contributed by atoms with Crippen molar-refractivity contribution >= 4 is 21.8 Å². The van der Waals surface area contributed by atoms with Crippen LogP contribution in [-0.2, 0) is 13.0 Å². The Labute approximate surface area is 130 Å². The van der Waals surface area contributed by atoms with E-state index < -0.39 is 0 Å². The average molecular weight is 351 g/mol. The molecule has 3 rings (SSSR count). The van der Waals surface area contributed by atoms with Gasteiger partial charge in [0.25, 0.3) is 5.91 Å². The van der Waals surface area contributed by atoms with E-state index in [9.17, 15) is 4.79 Å². The molecular weight excluding hydrogens is 336 g/mol. The standard InChI is InChI=1S/C14H15BrN4O2/c15-11-12(18-19-8-3-9-21-14(11)19)13(20)17-7-5-10-4-1-2-6-16-10/h1-2,4,6H,3,5,7-9H2,(H,17,20). The van der Waals surface area contributed by atoms with Crippen LogP contribution in [0.3, 0.4) is 0 Å². The highest BCUT2D eigenvalue weighted by Crippen LogP contribution is 2.31. The molecule has 6 nitrogen and oxygen atoms in total. The topological polar surface area (TPSA) is 69.0 Å². The van der Waals surface area contributed by atoms with Crippen LogP contribution in [-0.4, -0.2) is 33.8 Å². The molecule has 0 saturated heterocycles. The second-order valence-corrected chi connectivity index (χ2v) is 5.51. The van der Waals surface area contributed by atoms with Gasteiger partial charge in [-0.3, -0.25) is 9.78 Å². The Kier molecular flexibility index (Phi) is 4.19. The van der Waals surface area contributed by atoms with Gasteiger partial charge in [-0.15, -0.1) is 0 Å². The molecule has 1 aliphatic heterocycles. The summed E-state index contributed by atoms with van der Waals surface area (Å²) in [6, 6.07) is 5.74. The van der Waals surface area contributed by atoms with Crippen molar-refractivity contribution in [2.45, 2.75) is 19.4 Å². The van der Waals surface area contributed by atoms with Gasteiger partial charge in [-0.05, 0) is 28.1 Å². The summed E-state index contributed by atoms with van der Waals surface area (Å²) in [4.78, 5) is 16.4. The van der Waals surface area contributed by atoms with Crippen LogP contribution in [0.25, 0.3) is 0 Å². The Hall–Kier alpha value is -1.89. The Morgan fingerprint density at radius 3 is 3.14 bits per heavy atom. The maximum absolute atomic E-state index is 12.2. The molecule has 0 aromatic carbocycles. The number of rotatable bonds is 4. The van der Waals surface area contributed by atoms with E-state index >= 15 is 0 Å². The van der Waals surface area contributed by atoms with Crippen molar-refractivity contribution in [1.29, 1.82) is 0 Å². The number of halogens is 1. The van der Waals surface area contributed by atoms with Crippen molar-refractivity contribution in [1.82, 2.24) is 20.1 Å². The molecule has 1 amide bonds. The second-order valence-electron chi connectivity index (χ2n) is 4.72. The molecule has 0 saturated carbocycles. The van der Waals surface area contributed by atoms with Crippen LogP contribution < -0.4 is 10.1 Å². The van der Waals surface area contributed by atoms with E-state index in [0.29, 0.717) is 35.6 Å². The summed E-state index contributed by atoms with van der Waals surface area (Å²) in [6.45, 7) is 1.95. The molecule has 7 heteroatoms. The Bertz CT molecular complexity index is 642. The number of carbonyl (C=O) groups is 1. The lowest BCUT2D eigenvalue weighted by Gasteiger charge is -2.14. The number of amides is 1. The molecule has 0 unspecified atom stereocenters. The number of carbonyl (C=O) groups excluding carboxylic acids is 1. The fourth-order valence-corrected chi connectivity index (χ4v) is 2.75. The van der Waals surface area contributed by atoms with E-state index in [1.54, 1.807) is 10.9 Å². The van der Waals surface area contributed by atoms with Gasteiger partial charge < -0.3 is 10.1 Å². The van der Waals surface area contributed by atoms with Gasteiger partial charge in [-0.25, -0.2) is 4.68 Å². The first-order valence-corrected chi connectivity index (χ1v) is 7.62. The minimum Gasteiger partial charge on any atom is -0.477 e. The summed E-state index contributed by atoms with van der Waals surface area (Å²) < 4.78 is 7.87. The molecule has 0 spiro atoms. The SMILES string of the molecule is O=C(NCCc1ccccn1)c1nn2c(c1Br)OCCC2. The lowest BCUT2D eigenvalue weighted by Crippen LogP contribution is -2.26. The Balaban J connectivity index is 1.62. The summed E-state index contributed by atoms with van der Waals surface area (Å²) in [6.07, 6.45) is 3.34. The number of nitrogens with one attached hydrogen (secondary N) is 1. The minimum absolute atomic E-state index is 0.205. The lowest BCUT2D eigenvalue weighted by molar-refractivity contribution is 0.0947. The van der Waals surface area contributed by atoms with Crippen LogP contribution in [0.1, 0.15) is 22.6 Å². The lowest BCUT2D eigenvalue weighted by atomic mass is 10.2. The fraction of sp³-hybridized carbons (Fsp3) is 0.357. The molecule has 2 aromatic heterocycles. The van der Waals surface area contributed by atoms with E-state index in [1.165, 1.54) is 0 Å². The van der Waals surface area contributed by atoms with Crippen molar-refractivity contribution in [3.63, 3.8) is 0 Å². The zero-order valence-corrected chi connectivity index (χ0v) is 13.0. The maximum Gasteiger partial charge on any atom is 0.273 e. The first kappa shape index (κ1) is 14.1. The van der Waals surface area contributed by atoms with Gasteiger partial charge in [0, 0.05) is 37.8 Å². The van der Waals surface area contributed by atoms with Crippen molar-refractivity contribution < 1.29 is 9.53 Å². The zero-order valence-electron chi connectivity index (χ0n) is 11.4. The highest BCUT2D eigenvalue weighted by Gasteiger charge is 2.24. The van der Waals surface area contributed by atoms with Crippen LogP contribution in [0.2, 0.25) is 0 Å². The molecule has 1 N–H and O–H groups in total. The summed E-state index contributed by atoms with van der Waals surface area (Å²) in [5.74, 6) is 0.430. The molecule has 0 atom stereocenters. The molecule has 21 heavy (non-hydrogen) atoms. The zero-order chi connectivity index (χ0) is 14.7. The highest BCUT2D eigenvalue weighted by molar-refractivity contribution is 9.10. The van der Waals surface area contributed by atoms with Crippen LogP contribution in [0.4, 0.5) is 0 Å². The number of fused-ring (bicyclic) bond motifs is 1. The Morgan fingerprint density at radius 1 is 1.48 bits per heavy atom. The minimum atomic E-state index is -0.205. The quantitative estimate of drug-likeness (QED) is 0.912. The van der Waals surface area contributed by atoms with Crippen LogP contribution >= 0.6 is 15.9 Å². The summed E-state index contributed by atoms with van der Waals surface area (Å²) in [5, 5.41) is 7.15. The number of aromatic nitrogens is 3. The summed E-state index contributed by atoms with van der Waals surface area (Å²) >= 11 is 3.39. The van der Waals surface area contributed by atoms with E-state index in [2.05, 4.69) is 31.3 Å². The third kappa shape index (κ3) is 3.07. The van der Waals surface area contributed by atoms with E-state index in [4.69, 9.17) is 4.74 Å². The molecule has 110 valence electrons. The van der Waals surface area contributed by atoms with Gasteiger partial charge in [0.2, 0.25) is 5.88 Å². The predicted molar refractivity (Wildman–Crippen MR) is 80.3 cm³/mol. The van der Waals surface area contributed by atoms with Crippen molar-refractivity contribution in [3.8, 4) is 5.88 Å². The molecule has 2 aromatic rings. The van der Waals surface area contributed by atoms with E-state index in [1.807, 2.05) is 18.2 Å². The third-order valence-electron chi connectivity index (χ3n) is 3.21. The van der Waals surface area contributed by atoms with Gasteiger partial charge in [0.15, 0.2) is 5.69 Å². The number of pyridine rings is 1. The first-order valence-electron chi connectivity index (χ1n) is 6.83. The van der Waals surface area contributed by atoms with Gasteiger partial charge >= 0.3 is 0 Å². The molecule has 0 fully saturated rings. The normalized spacial score (nSPS) is 13.4. The fourth-order valence-electron chi connectivity index (χ4n) is 2.18. The van der Waals surface area contributed by atoms with Crippen LogP contribution in [0.15, 0.2) is 28.9 Å². The first-order chi connectivity index (χ1) is 10.3. The monoisotopic (exact) mass is 350 g/mol. The number of aryl methyl sites for hydroxylation is 1. The number of nitrogens with zero attached hydrogens (tertiary/aromatic N) is 3. The van der Waals surface area contributed by atoms with Gasteiger partial charge in [0.1, 0.15) is 4.47 Å². The largest absolute Gasteiger partial charge is 0.477 e. The third-order valence-corrected chi connectivity index (χ3v) is 3.93. The number of hydrogen-bond acceptors (Lipinski definition) is 4.